The van der Waals surface area contributed by atoms with Gasteiger partial charge in [-0.25, -0.2) is 0 Å². The van der Waals surface area contributed by atoms with Gasteiger partial charge in [0, 0.05) is 19.8 Å². The van der Waals surface area contributed by atoms with Crippen LogP contribution in [0.5, 0.6) is 0 Å². The molecule has 1 rings (SSSR count). The fourth-order valence-electron chi connectivity index (χ4n) is 2.06. The second-order valence-electron chi connectivity index (χ2n) is 5.15. The maximum atomic E-state index is 5.60. The van der Waals surface area contributed by atoms with Crippen LogP contribution in [-0.2, 0) is 11.3 Å². The molecule has 6 heteroatoms. The van der Waals surface area contributed by atoms with Gasteiger partial charge in [-0.3, -0.25) is 4.68 Å². The van der Waals surface area contributed by atoms with E-state index in [-0.39, 0.29) is 6.04 Å². The molecule has 20 heavy (non-hydrogen) atoms. The van der Waals surface area contributed by atoms with E-state index in [4.69, 9.17) is 4.74 Å². The van der Waals surface area contributed by atoms with Crippen molar-refractivity contribution in [1.29, 1.82) is 0 Å². The van der Waals surface area contributed by atoms with Gasteiger partial charge in [0.1, 0.15) is 0 Å². The van der Waals surface area contributed by atoms with E-state index in [0.717, 1.165) is 43.6 Å². The standard InChI is InChI=1S/C14H27BrN4O/c1-5-9-20-10-6-13(16-2)14-12(15)11-17-19(14)8-7-18(3)4/h11,13,16H,5-10H2,1-4H3. The summed E-state index contributed by atoms with van der Waals surface area (Å²) >= 11 is 3.61. The maximum absolute atomic E-state index is 5.60. The van der Waals surface area contributed by atoms with E-state index in [9.17, 15) is 0 Å². The van der Waals surface area contributed by atoms with Crippen LogP contribution in [-0.4, -0.2) is 55.6 Å². The molecule has 0 bridgehead atoms. The Morgan fingerprint density at radius 3 is 2.80 bits per heavy atom. The minimum absolute atomic E-state index is 0.255. The highest BCUT2D eigenvalue weighted by atomic mass is 79.9. The van der Waals surface area contributed by atoms with Crippen molar-refractivity contribution in [3.05, 3.63) is 16.4 Å². The number of nitrogens with zero attached hydrogens (tertiary/aromatic N) is 3. The molecule has 0 aromatic carbocycles. The van der Waals surface area contributed by atoms with Gasteiger partial charge in [-0.2, -0.15) is 5.10 Å². The number of nitrogens with one attached hydrogen (secondary N) is 1. The highest BCUT2D eigenvalue weighted by molar-refractivity contribution is 9.10. The SMILES string of the molecule is CCCOCCC(NC)c1c(Br)cnn1CCN(C)C. The first-order valence-corrected chi connectivity index (χ1v) is 8.00. The van der Waals surface area contributed by atoms with Crippen molar-refractivity contribution in [2.75, 3.05) is 40.9 Å². The van der Waals surface area contributed by atoms with E-state index in [2.05, 4.69) is 56.9 Å². The maximum Gasteiger partial charge on any atom is 0.0697 e. The molecule has 5 nitrogen and oxygen atoms in total. The van der Waals surface area contributed by atoms with E-state index < -0.39 is 0 Å². The molecule has 0 saturated carbocycles. The Morgan fingerprint density at radius 1 is 1.45 bits per heavy atom. The first-order chi connectivity index (χ1) is 9.60. The topological polar surface area (TPSA) is 42.3 Å². The highest BCUT2D eigenvalue weighted by Crippen LogP contribution is 2.25. The molecule has 0 aliphatic carbocycles. The lowest BCUT2D eigenvalue weighted by atomic mass is 10.1. The van der Waals surface area contributed by atoms with Gasteiger partial charge in [0.25, 0.3) is 0 Å². The number of likely N-dealkylation sites (N-methyl/N-ethyl adjacent to an activating group) is 1. The van der Waals surface area contributed by atoms with Crippen molar-refractivity contribution >= 4 is 15.9 Å². The van der Waals surface area contributed by atoms with Gasteiger partial charge in [-0.15, -0.1) is 0 Å². The molecule has 1 heterocycles. The van der Waals surface area contributed by atoms with Crippen molar-refractivity contribution in [3.8, 4) is 0 Å². The van der Waals surface area contributed by atoms with Crippen LogP contribution in [0.1, 0.15) is 31.5 Å². The minimum Gasteiger partial charge on any atom is -0.381 e. The molecule has 1 atom stereocenters. The first-order valence-electron chi connectivity index (χ1n) is 7.21. The average molecular weight is 347 g/mol. The van der Waals surface area contributed by atoms with Crippen LogP contribution in [0.4, 0.5) is 0 Å². The van der Waals surface area contributed by atoms with Gasteiger partial charge >= 0.3 is 0 Å². The number of ether oxygens (including phenoxy) is 1. The zero-order valence-electron chi connectivity index (χ0n) is 13.0. The lowest BCUT2D eigenvalue weighted by Crippen LogP contribution is -2.25. The van der Waals surface area contributed by atoms with Crippen LogP contribution < -0.4 is 5.32 Å². The smallest absolute Gasteiger partial charge is 0.0697 e. The van der Waals surface area contributed by atoms with Crippen LogP contribution in [0, 0.1) is 0 Å². The summed E-state index contributed by atoms with van der Waals surface area (Å²) in [5, 5.41) is 7.83. The molecule has 1 N–H and O–H groups in total. The first kappa shape index (κ1) is 17.6. The van der Waals surface area contributed by atoms with Crippen molar-refractivity contribution in [2.45, 2.75) is 32.4 Å². The molecule has 0 aliphatic heterocycles. The lowest BCUT2D eigenvalue weighted by Gasteiger charge is -2.20. The summed E-state index contributed by atoms with van der Waals surface area (Å²) in [6.45, 7) is 5.59. The Morgan fingerprint density at radius 2 is 2.20 bits per heavy atom. The van der Waals surface area contributed by atoms with E-state index in [0.29, 0.717) is 0 Å². The van der Waals surface area contributed by atoms with E-state index >= 15 is 0 Å². The predicted molar refractivity (Wildman–Crippen MR) is 86.0 cm³/mol. The number of rotatable bonds is 10. The van der Waals surface area contributed by atoms with Crippen LogP contribution in [0.2, 0.25) is 0 Å². The lowest BCUT2D eigenvalue weighted by molar-refractivity contribution is 0.124. The second-order valence-corrected chi connectivity index (χ2v) is 6.00. The summed E-state index contributed by atoms with van der Waals surface area (Å²) in [7, 11) is 6.14. The third kappa shape index (κ3) is 5.52. The molecule has 1 aromatic heterocycles. The van der Waals surface area contributed by atoms with Gasteiger partial charge in [-0.05, 0) is 49.9 Å². The molecule has 116 valence electrons. The fourth-order valence-corrected chi connectivity index (χ4v) is 2.63. The summed E-state index contributed by atoms with van der Waals surface area (Å²) in [5.41, 5.74) is 1.20. The number of hydrogen-bond donors (Lipinski definition) is 1. The van der Waals surface area contributed by atoms with Gasteiger partial charge in [0.05, 0.1) is 29.0 Å². The summed E-state index contributed by atoms with van der Waals surface area (Å²) in [6.07, 6.45) is 3.89. The summed E-state index contributed by atoms with van der Waals surface area (Å²) in [4.78, 5) is 2.16. The Balaban J connectivity index is 2.67. The van der Waals surface area contributed by atoms with Crippen LogP contribution in [0.25, 0.3) is 0 Å². The van der Waals surface area contributed by atoms with Gasteiger partial charge in [0.2, 0.25) is 0 Å². The van der Waals surface area contributed by atoms with Crippen LogP contribution in [0.15, 0.2) is 10.7 Å². The molecule has 0 saturated heterocycles. The summed E-state index contributed by atoms with van der Waals surface area (Å²) < 4.78 is 8.73. The average Bonchev–Trinajstić information content (AvgIpc) is 2.78. The van der Waals surface area contributed by atoms with Gasteiger partial charge in [0.15, 0.2) is 0 Å². The Kier molecular flexibility index (Phi) is 8.37. The third-order valence-electron chi connectivity index (χ3n) is 3.17. The van der Waals surface area contributed by atoms with E-state index in [1.165, 1.54) is 5.69 Å². The van der Waals surface area contributed by atoms with E-state index in [1.54, 1.807) is 0 Å². The highest BCUT2D eigenvalue weighted by Gasteiger charge is 2.18. The van der Waals surface area contributed by atoms with Gasteiger partial charge < -0.3 is 15.0 Å². The van der Waals surface area contributed by atoms with Crippen molar-refractivity contribution in [1.82, 2.24) is 20.0 Å². The summed E-state index contributed by atoms with van der Waals surface area (Å²) in [6, 6.07) is 0.255. The molecule has 1 unspecified atom stereocenters. The van der Waals surface area contributed by atoms with Crippen molar-refractivity contribution in [3.63, 3.8) is 0 Å². The van der Waals surface area contributed by atoms with Crippen molar-refractivity contribution < 1.29 is 4.74 Å². The Hall–Kier alpha value is -0.430. The summed E-state index contributed by atoms with van der Waals surface area (Å²) in [5.74, 6) is 0. The molecule has 0 spiro atoms. The second kappa shape index (κ2) is 9.50. The monoisotopic (exact) mass is 346 g/mol. The molecule has 0 radical (unpaired) electrons. The molecule has 1 aromatic rings. The number of aromatic nitrogens is 2. The molecular formula is C14H27BrN4O. The van der Waals surface area contributed by atoms with E-state index in [1.807, 2.05) is 13.2 Å². The number of halogens is 1. The zero-order valence-corrected chi connectivity index (χ0v) is 14.6. The van der Waals surface area contributed by atoms with Crippen LogP contribution >= 0.6 is 15.9 Å². The molecule has 0 fully saturated rings. The quantitative estimate of drug-likeness (QED) is 0.660. The van der Waals surface area contributed by atoms with Gasteiger partial charge in [-0.1, -0.05) is 6.92 Å². The van der Waals surface area contributed by atoms with Crippen LogP contribution in [0.3, 0.4) is 0 Å². The number of hydrogen-bond acceptors (Lipinski definition) is 4. The Bertz CT molecular complexity index is 381. The predicted octanol–water partition coefficient (Wildman–Crippen LogP) is 2.28. The fraction of sp³-hybridized carbons (Fsp3) is 0.786. The van der Waals surface area contributed by atoms with Crippen molar-refractivity contribution in [2.24, 2.45) is 0 Å². The minimum atomic E-state index is 0.255. The molecule has 0 aliphatic rings. The largest absolute Gasteiger partial charge is 0.381 e. The molecule has 0 amide bonds. The Labute approximate surface area is 130 Å². The molecular weight excluding hydrogens is 320 g/mol. The zero-order chi connectivity index (χ0) is 15.0. The third-order valence-corrected chi connectivity index (χ3v) is 3.78. The normalized spacial score (nSPS) is 13.1.